The minimum atomic E-state index is -0.705. The first-order valence-electron chi connectivity index (χ1n) is 6.05. The van der Waals surface area contributed by atoms with Gasteiger partial charge in [-0.25, -0.2) is 0 Å². The van der Waals surface area contributed by atoms with Crippen molar-refractivity contribution in [2.45, 2.75) is 6.54 Å². The number of hydrogen-bond donors (Lipinski definition) is 1. The van der Waals surface area contributed by atoms with Crippen LogP contribution in [0.4, 0.5) is 5.69 Å². The largest absolute Gasteiger partial charge is 0.475 e. The number of halogens is 1. The molecule has 0 spiro atoms. The number of amides is 1. The SMILES string of the molecule is COc1n[nH]c(C(=O)N(C)Cc2c(Br)cnn2C)c1[N+](=O)[O-]. The minimum absolute atomic E-state index is 0.217. The molecule has 10 nitrogen and oxygen atoms in total. The number of rotatable bonds is 5. The summed E-state index contributed by atoms with van der Waals surface area (Å²) in [5, 5.41) is 21.1. The molecule has 2 rings (SSSR count). The van der Waals surface area contributed by atoms with Crippen LogP contribution >= 0.6 is 15.9 Å². The van der Waals surface area contributed by atoms with Gasteiger partial charge in [-0.3, -0.25) is 24.7 Å². The number of aromatic nitrogens is 4. The molecule has 0 atom stereocenters. The lowest BCUT2D eigenvalue weighted by Crippen LogP contribution is -2.28. The third-order valence-corrected chi connectivity index (χ3v) is 3.71. The Bertz CT molecular complexity index is 705. The van der Waals surface area contributed by atoms with Gasteiger partial charge in [0.2, 0.25) is 5.69 Å². The van der Waals surface area contributed by atoms with E-state index in [1.807, 2.05) is 0 Å². The molecule has 2 heterocycles. The van der Waals surface area contributed by atoms with Gasteiger partial charge in [-0.15, -0.1) is 5.10 Å². The number of hydrogen-bond acceptors (Lipinski definition) is 6. The summed E-state index contributed by atoms with van der Waals surface area (Å²) >= 11 is 3.33. The first kappa shape index (κ1) is 15.9. The Kier molecular flexibility index (Phi) is 4.45. The predicted octanol–water partition coefficient (Wildman–Crippen LogP) is 1.09. The number of aryl methyl sites for hydroxylation is 1. The van der Waals surface area contributed by atoms with Gasteiger partial charge in [-0.1, -0.05) is 0 Å². The standard InChI is InChI=1S/C11H13BrN6O4/c1-16(5-7-6(12)4-13-17(7)2)11(19)8-9(18(20)21)10(22-3)15-14-8/h4H,5H2,1-3H3,(H,14,15). The summed E-state index contributed by atoms with van der Waals surface area (Å²) in [5.41, 5.74) is 0.0380. The van der Waals surface area contributed by atoms with Gasteiger partial charge in [0, 0.05) is 14.1 Å². The van der Waals surface area contributed by atoms with E-state index in [1.54, 1.807) is 17.9 Å². The van der Waals surface area contributed by atoms with Crippen molar-refractivity contribution in [3.05, 3.63) is 32.2 Å². The summed E-state index contributed by atoms with van der Waals surface area (Å²) in [6.07, 6.45) is 1.61. The van der Waals surface area contributed by atoms with Gasteiger partial charge in [0.15, 0.2) is 0 Å². The second-order valence-electron chi connectivity index (χ2n) is 4.44. The molecule has 0 unspecified atom stereocenters. The van der Waals surface area contributed by atoms with Crippen LogP contribution < -0.4 is 4.74 Å². The molecule has 22 heavy (non-hydrogen) atoms. The molecular formula is C11H13BrN6O4. The summed E-state index contributed by atoms with van der Waals surface area (Å²) < 4.78 is 7.13. The Labute approximate surface area is 133 Å². The fraction of sp³-hybridized carbons (Fsp3) is 0.364. The van der Waals surface area contributed by atoms with E-state index in [0.29, 0.717) is 0 Å². The number of H-pyrrole nitrogens is 1. The molecule has 0 aliphatic carbocycles. The number of carbonyl (C=O) groups is 1. The average molecular weight is 373 g/mol. The van der Waals surface area contributed by atoms with Crippen molar-refractivity contribution in [1.29, 1.82) is 0 Å². The second kappa shape index (κ2) is 6.13. The van der Waals surface area contributed by atoms with E-state index in [1.165, 1.54) is 19.1 Å². The third kappa shape index (κ3) is 2.79. The number of nitro groups is 1. The fourth-order valence-corrected chi connectivity index (χ4v) is 2.36. The van der Waals surface area contributed by atoms with Crippen LogP contribution in [0.25, 0.3) is 0 Å². The molecule has 0 bridgehead atoms. The topological polar surface area (TPSA) is 119 Å². The second-order valence-corrected chi connectivity index (χ2v) is 5.29. The van der Waals surface area contributed by atoms with E-state index in [-0.39, 0.29) is 18.1 Å². The van der Waals surface area contributed by atoms with Crippen LogP contribution in [-0.4, -0.2) is 49.9 Å². The van der Waals surface area contributed by atoms with Crippen LogP contribution in [0, 0.1) is 10.1 Å². The number of nitrogens with zero attached hydrogens (tertiary/aromatic N) is 5. The number of ether oxygens (including phenoxy) is 1. The number of nitrogens with one attached hydrogen (secondary N) is 1. The highest BCUT2D eigenvalue weighted by Crippen LogP contribution is 2.29. The molecule has 118 valence electrons. The highest BCUT2D eigenvalue weighted by atomic mass is 79.9. The molecule has 0 saturated carbocycles. The molecule has 1 N–H and O–H groups in total. The maximum Gasteiger partial charge on any atom is 0.362 e. The van der Waals surface area contributed by atoms with Crippen LogP contribution in [0.5, 0.6) is 5.88 Å². The maximum absolute atomic E-state index is 12.4. The molecule has 0 saturated heterocycles. The van der Waals surface area contributed by atoms with Crippen LogP contribution in [0.1, 0.15) is 16.2 Å². The van der Waals surface area contributed by atoms with E-state index in [2.05, 4.69) is 31.2 Å². The highest BCUT2D eigenvalue weighted by Gasteiger charge is 2.32. The van der Waals surface area contributed by atoms with Crippen LogP contribution in [0.15, 0.2) is 10.7 Å². The molecule has 2 aromatic heterocycles. The van der Waals surface area contributed by atoms with Gasteiger partial charge < -0.3 is 9.64 Å². The molecular weight excluding hydrogens is 360 g/mol. The van der Waals surface area contributed by atoms with Gasteiger partial charge in [0.25, 0.3) is 5.91 Å². The molecule has 0 aromatic carbocycles. The Hall–Kier alpha value is -2.43. The summed E-state index contributed by atoms with van der Waals surface area (Å²) in [5.74, 6) is -0.806. The Morgan fingerprint density at radius 2 is 2.32 bits per heavy atom. The molecule has 0 aliphatic rings. The predicted molar refractivity (Wildman–Crippen MR) is 78.5 cm³/mol. The van der Waals surface area contributed by atoms with Crippen LogP contribution in [0.3, 0.4) is 0 Å². The third-order valence-electron chi connectivity index (χ3n) is 3.04. The fourth-order valence-electron chi connectivity index (χ4n) is 1.88. The van der Waals surface area contributed by atoms with E-state index in [9.17, 15) is 14.9 Å². The number of aromatic amines is 1. The van der Waals surface area contributed by atoms with E-state index in [4.69, 9.17) is 4.74 Å². The molecule has 0 fully saturated rings. The first-order valence-corrected chi connectivity index (χ1v) is 6.84. The summed E-state index contributed by atoms with van der Waals surface area (Å²) in [7, 11) is 4.51. The lowest BCUT2D eigenvalue weighted by Gasteiger charge is -2.16. The van der Waals surface area contributed by atoms with E-state index >= 15 is 0 Å². The quantitative estimate of drug-likeness (QED) is 0.619. The zero-order chi connectivity index (χ0) is 16.4. The Morgan fingerprint density at radius 3 is 2.82 bits per heavy atom. The van der Waals surface area contributed by atoms with Gasteiger partial charge in [-0.05, 0) is 15.9 Å². The van der Waals surface area contributed by atoms with Crippen molar-refractivity contribution in [1.82, 2.24) is 24.9 Å². The van der Waals surface area contributed by atoms with Crippen LogP contribution in [-0.2, 0) is 13.6 Å². The van der Waals surface area contributed by atoms with Crippen molar-refractivity contribution >= 4 is 27.5 Å². The highest BCUT2D eigenvalue weighted by molar-refractivity contribution is 9.10. The van der Waals surface area contributed by atoms with Gasteiger partial charge in [0.05, 0.1) is 34.9 Å². The Morgan fingerprint density at radius 1 is 1.64 bits per heavy atom. The zero-order valence-electron chi connectivity index (χ0n) is 12.0. The minimum Gasteiger partial charge on any atom is -0.475 e. The van der Waals surface area contributed by atoms with Crippen LogP contribution in [0.2, 0.25) is 0 Å². The van der Waals surface area contributed by atoms with E-state index < -0.39 is 16.5 Å². The van der Waals surface area contributed by atoms with Crippen molar-refractivity contribution < 1.29 is 14.5 Å². The Balaban J connectivity index is 2.28. The normalized spacial score (nSPS) is 10.5. The van der Waals surface area contributed by atoms with Gasteiger partial charge >= 0.3 is 11.6 Å². The van der Waals surface area contributed by atoms with Crippen molar-refractivity contribution in [3.63, 3.8) is 0 Å². The van der Waals surface area contributed by atoms with Crippen molar-refractivity contribution in [2.24, 2.45) is 7.05 Å². The van der Waals surface area contributed by atoms with Crippen molar-refractivity contribution in [3.8, 4) is 5.88 Å². The van der Waals surface area contributed by atoms with E-state index in [0.717, 1.165) is 10.2 Å². The molecule has 1 amide bonds. The number of methoxy groups -OCH3 is 1. The molecule has 0 aliphatic heterocycles. The van der Waals surface area contributed by atoms with Crippen molar-refractivity contribution in [2.75, 3.05) is 14.2 Å². The summed E-state index contributed by atoms with van der Waals surface area (Å²) in [6.45, 7) is 0.217. The maximum atomic E-state index is 12.4. The van der Waals surface area contributed by atoms with Gasteiger partial charge in [-0.2, -0.15) is 5.10 Å². The summed E-state index contributed by atoms with van der Waals surface area (Å²) in [4.78, 5) is 24.1. The lowest BCUT2D eigenvalue weighted by atomic mass is 10.3. The lowest BCUT2D eigenvalue weighted by molar-refractivity contribution is -0.386. The average Bonchev–Trinajstić information content (AvgIpc) is 3.04. The number of carbonyl (C=O) groups excluding carboxylic acids is 1. The zero-order valence-corrected chi connectivity index (χ0v) is 13.6. The monoisotopic (exact) mass is 372 g/mol. The smallest absolute Gasteiger partial charge is 0.362 e. The van der Waals surface area contributed by atoms with Gasteiger partial charge in [0.1, 0.15) is 0 Å². The molecule has 11 heteroatoms. The molecule has 0 radical (unpaired) electrons. The summed E-state index contributed by atoms with van der Waals surface area (Å²) in [6, 6.07) is 0. The first-order chi connectivity index (χ1) is 10.4. The molecule has 2 aromatic rings.